The van der Waals surface area contributed by atoms with Crippen LogP contribution in [-0.2, 0) is 6.54 Å². The summed E-state index contributed by atoms with van der Waals surface area (Å²) >= 11 is 6.10. The molecule has 0 radical (unpaired) electrons. The molecule has 1 heterocycles. The molecule has 5 heteroatoms. The normalized spacial score (nSPS) is 11.0. The van der Waals surface area contributed by atoms with Crippen molar-refractivity contribution in [2.75, 3.05) is 5.73 Å². The average molecular weight is 275 g/mol. The number of hydrogen-bond acceptors (Lipinski definition) is 3. The maximum absolute atomic E-state index is 11.9. The molecular formula is C14H11ClN2O2. The number of oxazole rings is 1. The van der Waals surface area contributed by atoms with Crippen molar-refractivity contribution < 1.29 is 4.42 Å². The van der Waals surface area contributed by atoms with Gasteiger partial charge in [-0.2, -0.15) is 0 Å². The summed E-state index contributed by atoms with van der Waals surface area (Å²) in [6, 6.07) is 12.6. The largest absolute Gasteiger partial charge is 0.420 e. The maximum Gasteiger partial charge on any atom is 0.420 e. The van der Waals surface area contributed by atoms with Gasteiger partial charge in [0.25, 0.3) is 0 Å². The second kappa shape index (κ2) is 4.48. The van der Waals surface area contributed by atoms with Crippen molar-refractivity contribution >= 4 is 28.4 Å². The SMILES string of the molecule is Nc1ccc2c(c1)oc(=O)n2Cc1ccccc1Cl. The molecule has 1 aromatic heterocycles. The van der Waals surface area contributed by atoms with E-state index < -0.39 is 5.76 Å². The van der Waals surface area contributed by atoms with E-state index in [1.807, 2.05) is 18.2 Å². The Morgan fingerprint density at radius 3 is 2.79 bits per heavy atom. The van der Waals surface area contributed by atoms with Gasteiger partial charge in [-0.1, -0.05) is 29.8 Å². The third-order valence-corrected chi connectivity index (χ3v) is 3.35. The Morgan fingerprint density at radius 2 is 2.00 bits per heavy atom. The van der Waals surface area contributed by atoms with Crippen molar-refractivity contribution in [1.29, 1.82) is 0 Å². The number of anilines is 1. The molecule has 2 aromatic carbocycles. The molecule has 3 rings (SSSR count). The summed E-state index contributed by atoms with van der Waals surface area (Å²) in [7, 11) is 0. The van der Waals surface area contributed by atoms with E-state index in [-0.39, 0.29) is 0 Å². The van der Waals surface area contributed by atoms with Gasteiger partial charge >= 0.3 is 5.76 Å². The lowest BCUT2D eigenvalue weighted by Crippen LogP contribution is -2.15. The van der Waals surface area contributed by atoms with Crippen LogP contribution in [0.4, 0.5) is 5.69 Å². The zero-order chi connectivity index (χ0) is 13.4. The fraction of sp³-hybridized carbons (Fsp3) is 0.0714. The summed E-state index contributed by atoms with van der Waals surface area (Å²) < 4.78 is 6.71. The number of benzene rings is 2. The summed E-state index contributed by atoms with van der Waals surface area (Å²) in [5, 5.41) is 0.624. The van der Waals surface area contributed by atoms with E-state index >= 15 is 0 Å². The molecule has 2 N–H and O–H groups in total. The van der Waals surface area contributed by atoms with Crippen molar-refractivity contribution in [2.45, 2.75) is 6.54 Å². The minimum absolute atomic E-state index is 0.370. The third-order valence-electron chi connectivity index (χ3n) is 2.98. The Bertz CT molecular complexity index is 805. The van der Waals surface area contributed by atoms with E-state index in [2.05, 4.69) is 0 Å². The smallest absolute Gasteiger partial charge is 0.408 e. The first-order chi connectivity index (χ1) is 9.15. The van der Waals surface area contributed by atoms with Crippen LogP contribution in [0.15, 0.2) is 51.7 Å². The van der Waals surface area contributed by atoms with Crippen molar-refractivity contribution in [3.05, 3.63) is 63.6 Å². The maximum atomic E-state index is 11.9. The van der Waals surface area contributed by atoms with E-state index in [0.717, 1.165) is 5.56 Å². The molecule has 0 saturated carbocycles. The lowest BCUT2D eigenvalue weighted by atomic mass is 10.2. The Hall–Kier alpha value is -2.20. The van der Waals surface area contributed by atoms with Crippen LogP contribution in [0.25, 0.3) is 11.1 Å². The van der Waals surface area contributed by atoms with Gasteiger partial charge in [-0.15, -0.1) is 0 Å². The van der Waals surface area contributed by atoms with Crippen LogP contribution in [0, 0.1) is 0 Å². The molecular weight excluding hydrogens is 264 g/mol. The van der Waals surface area contributed by atoms with E-state index in [1.165, 1.54) is 4.57 Å². The molecule has 0 amide bonds. The molecule has 3 aromatic rings. The number of rotatable bonds is 2. The molecule has 0 fully saturated rings. The second-order valence-electron chi connectivity index (χ2n) is 4.27. The van der Waals surface area contributed by atoms with E-state index in [0.29, 0.717) is 28.4 Å². The Morgan fingerprint density at radius 1 is 1.21 bits per heavy atom. The fourth-order valence-corrected chi connectivity index (χ4v) is 2.23. The molecule has 19 heavy (non-hydrogen) atoms. The van der Waals surface area contributed by atoms with Crippen LogP contribution in [-0.4, -0.2) is 4.57 Å². The molecule has 0 aliphatic heterocycles. The quantitative estimate of drug-likeness (QED) is 0.731. The number of hydrogen-bond donors (Lipinski definition) is 1. The third kappa shape index (κ3) is 2.11. The van der Waals surface area contributed by atoms with Crippen molar-refractivity contribution in [3.63, 3.8) is 0 Å². The van der Waals surface area contributed by atoms with Gasteiger partial charge in [-0.25, -0.2) is 4.79 Å². The Kier molecular flexibility index (Phi) is 2.80. The first-order valence-corrected chi connectivity index (χ1v) is 6.15. The minimum atomic E-state index is -0.416. The van der Waals surface area contributed by atoms with Gasteiger partial charge in [0.15, 0.2) is 5.58 Å². The highest BCUT2D eigenvalue weighted by Crippen LogP contribution is 2.20. The lowest BCUT2D eigenvalue weighted by molar-refractivity contribution is 0.518. The molecule has 0 spiro atoms. The van der Waals surface area contributed by atoms with Crippen LogP contribution >= 0.6 is 11.6 Å². The van der Waals surface area contributed by atoms with Gasteiger partial charge in [-0.3, -0.25) is 4.57 Å². The number of halogens is 1. The number of nitrogens with zero attached hydrogens (tertiary/aromatic N) is 1. The zero-order valence-corrected chi connectivity index (χ0v) is 10.7. The van der Waals surface area contributed by atoms with Crippen molar-refractivity contribution in [2.24, 2.45) is 0 Å². The topological polar surface area (TPSA) is 61.2 Å². The Labute approximate surface area is 114 Å². The van der Waals surface area contributed by atoms with Crippen LogP contribution in [0.3, 0.4) is 0 Å². The van der Waals surface area contributed by atoms with E-state index in [9.17, 15) is 4.79 Å². The highest BCUT2D eigenvalue weighted by molar-refractivity contribution is 6.31. The predicted octanol–water partition coefficient (Wildman–Crippen LogP) is 2.88. The van der Waals surface area contributed by atoms with Crippen LogP contribution in [0.5, 0.6) is 0 Å². The highest BCUT2D eigenvalue weighted by Gasteiger charge is 2.11. The molecule has 4 nitrogen and oxygen atoms in total. The molecule has 0 bridgehead atoms. The first kappa shape index (κ1) is 11.9. The van der Waals surface area contributed by atoms with Crippen LogP contribution in [0.1, 0.15) is 5.56 Å². The van der Waals surface area contributed by atoms with E-state index in [4.69, 9.17) is 21.8 Å². The molecule has 0 atom stereocenters. The molecule has 0 aliphatic rings. The number of aromatic nitrogens is 1. The summed E-state index contributed by atoms with van der Waals surface area (Å²) in [6.07, 6.45) is 0. The van der Waals surface area contributed by atoms with Crippen LogP contribution < -0.4 is 11.5 Å². The van der Waals surface area contributed by atoms with Gasteiger partial charge in [0, 0.05) is 16.8 Å². The predicted molar refractivity (Wildman–Crippen MR) is 75.4 cm³/mol. The van der Waals surface area contributed by atoms with Crippen molar-refractivity contribution in [1.82, 2.24) is 4.57 Å². The zero-order valence-electron chi connectivity index (χ0n) is 9.97. The fourth-order valence-electron chi connectivity index (χ4n) is 2.03. The van der Waals surface area contributed by atoms with Gasteiger partial charge in [0.2, 0.25) is 0 Å². The lowest BCUT2D eigenvalue weighted by Gasteiger charge is -2.04. The van der Waals surface area contributed by atoms with Gasteiger partial charge in [0.05, 0.1) is 12.1 Å². The van der Waals surface area contributed by atoms with Crippen LogP contribution in [0.2, 0.25) is 5.02 Å². The summed E-state index contributed by atoms with van der Waals surface area (Å²) in [6.45, 7) is 0.370. The molecule has 96 valence electrons. The van der Waals surface area contributed by atoms with E-state index in [1.54, 1.807) is 24.3 Å². The standard InChI is InChI=1S/C14H11ClN2O2/c15-11-4-2-1-3-9(11)8-17-12-6-5-10(16)7-13(12)19-14(17)18/h1-7H,8,16H2. The van der Waals surface area contributed by atoms with Gasteiger partial charge in [0.1, 0.15) is 0 Å². The summed E-state index contributed by atoms with van der Waals surface area (Å²) in [5.74, 6) is -0.416. The minimum Gasteiger partial charge on any atom is -0.408 e. The molecule has 0 saturated heterocycles. The average Bonchev–Trinajstić information content (AvgIpc) is 2.68. The first-order valence-electron chi connectivity index (χ1n) is 5.77. The number of nitrogens with two attached hydrogens (primary N) is 1. The molecule has 0 aliphatic carbocycles. The monoisotopic (exact) mass is 274 g/mol. The number of nitrogen functional groups attached to an aromatic ring is 1. The second-order valence-corrected chi connectivity index (χ2v) is 4.68. The summed E-state index contributed by atoms with van der Waals surface area (Å²) in [4.78, 5) is 11.9. The van der Waals surface area contributed by atoms with Crippen molar-refractivity contribution in [3.8, 4) is 0 Å². The summed E-state index contributed by atoms with van der Waals surface area (Å²) in [5.41, 5.74) is 8.29. The Balaban J connectivity index is 2.13. The highest BCUT2D eigenvalue weighted by atomic mass is 35.5. The van der Waals surface area contributed by atoms with Gasteiger partial charge in [-0.05, 0) is 23.8 Å². The molecule has 0 unspecified atom stereocenters. The number of fused-ring (bicyclic) bond motifs is 1. The van der Waals surface area contributed by atoms with Gasteiger partial charge < -0.3 is 10.2 Å².